The van der Waals surface area contributed by atoms with Crippen LogP contribution in [0.15, 0.2) is 18.3 Å². The van der Waals surface area contributed by atoms with Crippen LogP contribution in [0.3, 0.4) is 0 Å². The van der Waals surface area contributed by atoms with E-state index in [1.807, 2.05) is 25.3 Å². The third-order valence-electron chi connectivity index (χ3n) is 3.05. The number of hydrogen-bond donors (Lipinski definition) is 2. The fourth-order valence-corrected chi connectivity index (χ4v) is 2.11. The summed E-state index contributed by atoms with van der Waals surface area (Å²) >= 11 is 0. The molecule has 1 aromatic rings. The predicted octanol–water partition coefficient (Wildman–Crippen LogP) is 1.32. The highest BCUT2D eigenvalue weighted by atomic mass is 16.5. The van der Waals surface area contributed by atoms with E-state index in [1.54, 1.807) is 0 Å². The summed E-state index contributed by atoms with van der Waals surface area (Å²) in [7, 11) is 0. The van der Waals surface area contributed by atoms with Crippen LogP contribution in [0.1, 0.15) is 25.5 Å². The molecule has 0 unspecified atom stereocenters. The first-order chi connectivity index (χ1) is 8.40. The van der Waals surface area contributed by atoms with Crippen molar-refractivity contribution in [2.45, 2.75) is 32.4 Å². The molecule has 0 saturated carbocycles. The second-order valence-corrected chi connectivity index (χ2v) is 4.29. The zero-order valence-electron chi connectivity index (χ0n) is 10.4. The van der Waals surface area contributed by atoms with E-state index in [0.29, 0.717) is 12.6 Å². The highest BCUT2D eigenvalue weighted by molar-refractivity contribution is 5.26. The lowest BCUT2D eigenvalue weighted by Crippen LogP contribution is -2.39. The van der Waals surface area contributed by atoms with Crippen molar-refractivity contribution in [1.29, 1.82) is 0 Å². The van der Waals surface area contributed by atoms with Gasteiger partial charge in [0.1, 0.15) is 5.75 Å². The van der Waals surface area contributed by atoms with Crippen LogP contribution in [-0.2, 0) is 6.54 Å². The molecule has 1 aliphatic heterocycles. The van der Waals surface area contributed by atoms with Gasteiger partial charge < -0.3 is 15.4 Å². The van der Waals surface area contributed by atoms with Gasteiger partial charge in [-0.1, -0.05) is 0 Å². The SMILES string of the molecule is CCOc1cccnc1CNC1CCNCC1. The summed E-state index contributed by atoms with van der Waals surface area (Å²) in [5.41, 5.74) is 1.01. The number of nitrogens with one attached hydrogen (secondary N) is 2. The van der Waals surface area contributed by atoms with Gasteiger partial charge in [-0.15, -0.1) is 0 Å². The monoisotopic (exact) mass is 235 g/mol. The molecule has 2 rings (SSSR count). The lowest BCUT2D eigenvalue weighted by molar-refractivity contribution is 0.329. The second-order valence-electron chi connectivity index (χ2n) is 4.29. The highest BCUT2D eigenvalue weighted by Crippen LogP contribution is 2.15. The Morgan fingerprint density at radius 1 is 1.47 bits per heavy atom. The van der Waals surface area contributed by atoms with E-state index in [0.717, 1.165) is 31.1 Å². The fourth-order valence-electron chi connectivity index (χ4n) is 2.11. The van der Waals surface area contributed by atoms with Crippen molar-refractivity contribution in [2.75, 3.05) is 19.7 Å². The molecule has 0 aromatic carbocycles. The molecule has 1 saturated heterocycles. The molecule has 17 heavy (non-hydrogen) atoms. The van der Waals surface area contributed by atoms with Crippen LogP contribution in [0.2, 0.25) is 0 Å². The van der Waals surface area contributed by atoms with Crippen LogP contribution in [0.5, 0.6) is 5.75 Å². The smallest absolute Gasteiger partial charge is 0.142 e. The van der Waals surface area contributed by atoms with E-state index in [-0.39, 0.29) is 0 Å². The second kappa shape index (κ2) is 6.57. The van der Waals surface area contributed by atoms with Gasteiger partial charge in [-0.05, 0) is 45.0 Å². The maximum Gasteiger partial charge on any atom is 0.142 e. The maximum atomic E-state index is 5.56. The molecule has 4 heteroatoms. The van der Waals surface area contributed by atoms with E-state index in [2.05, 4.69) is 15.6 Å². The van der Waals surface area contributed by atoms with Crippen molar-refractivity contribution in [1.82, 2.24) is 15.6 Å². The summed E-state index contributed by atoms with van der Waals surface area (Å²) in [6, 6.07) is 4.50. The largest absolute Gasteiger partial charge is 0.492 e. The Hall–Kier alpha value is -1.13. The average Bonchev–Trinajstić information content (AvgIpc) is 2.39. The number of nitrogens with zero attached hydrogens (tertiary/aromatic N) is 1. The van der Waals surface area contributed by atoms with E-state index in [4.69, 9.17) is 4.74 Å². The molecule has 0 radical (unpaired) electrons. The van der Waals surface area contributed by atoms with Gasteiger partial charge >= 0.3 is 0 Å². The standard InChI is InChI=1S/C13H21N3O/c1-2-17-13-4-3-7-15-12(13)10-16-11-5-8-14-9-6-11/h3-4,7,11,14,16H,2,5-6,8-10H2,1H3. The molecule has 2 N–H and O–H groups in total. The van der Waals surface area contributed by atoms with Crippen LogP contribution >= 0.6 is 0 Å². The van der Waals surface area contributed by atoms with Crippen LogP contribution < -0.4 is 15.4 Å². The Morgan fingerprint density at radius 3 is 3.06 bits per heavy atom. The Kier molecular flexibility index (Phi) is 4.76. The minimum absolute atomic E-state index is 0.604. The lowest BCUT2D eigenvalue weighted by atomic mass is 10.1. The first-order valence-corrected chi connectivity index (χ1v) is 6.41. The Balaban J connectivity index is 1.88. The summed E-state index contributed by atoms with van der Waals surface area (Å²) in [5.74, 6) is 0.899. The summed E-state index contributed by atoms with van der Waals surface area (Å²) in [5, 5.41) is 6.92. The van der Waals surface area contributed by atoms with E-state index in [9.17, 15) is 0 Å². The van der Waals surface area contributed by atoms with E-state index < -0.39 is 0 Å². The molecule has 0 atom stereocenters. The van der Waals surface area contributed by atoms with Crippen molar-refractivity contribution < 1.29 is 4.74 Å². The van der Waals surface area contributed by atoms with Crippen molar-refractivity contribution in [2.24, 2.45) is 0 Å². The molecule has 2 heterocycles. The lowest BCUT2D eigenvalue weighted by Gasteiger charge is -2.23. The summed E-state index contributed by atoms with van der Waals surface area (Å²) in [4.78, 5) is 4.38. The molecule has 0 amide bonds. The third kappa shape index (κ3) is 3.68. The van der Waals surface area contributed by atoms with Crippen molar-refractivity contribution in [3.05, 3.63) is 24.0 Å². The average molecular weight is 235 g/mol. The van der Waals surface area contributed by atoms with Crippen molar-refractivity contribution in [3.63, 3.8) is 0 Å². The van der Waals surface area contributed by atoms with Crippen molar-refractivity contribution >= 4 is 0 Å². The zero-order chi connectivity index (χ0) is 11.9. The predicted molar refractivity (Wildman–Crippen MR) is 68.1 cm³/mol. The quantitative estimate of drug-likeness (QED) is 0.808. The minimum atomic E-state index is 0.604. The molecule has 4 nitrogen and oxygen atoms in total. The number of aromatic nitrogens is 1. The molecule has 0 spiro atoms. The van der Waals surface area contributed by atoms with E-state index >= 15 is 0 Å². The van der Waals surface area contributed by atoms with Crippen LogP contribution in [0, 0.1) is 0 Å². The van der Waals surface area contributed by atoms with Crippen LogP contribution in [0.4, 0.5) is 0 Å². The first-order valence-electron chi connectivity index (χ1n) is 6.41. The maximum absolute atomic E-state index is 5.56. The van der Waals surface area contributed by atoms with Crippen LogP contribution in [-0.4, -0.2) is 30.7 Å². The molecule has 0 bridgehead atoms. The molecular weight excluding hydrogens is 214 g/mol. The first kappa shape index (κ1) is 12.3. The summed E-state index contributed by atoms with van der Waals surface area (Å²) in [6.45, 7) is 5.69. The Labute approximate surface area is 103 Å². The number of ether oxygens (including phenoxy) is 1. The van der Waals surface area contributed by atoms with Gasteiger partial charge in [-0.25, -0.2) is 0 Å². The number of rotatable bonds is 5. The Bertz CT molecular complexity index is 337. The van der Waals surface area contributed by atoms with Gasteiger partial charge in [0.2, 0.25) is 0 Å². The number of piperidine rings is 1. The Morgan fingerprint density at radius 2 is 2.29 bits per heavy atom. The highest BCUT2D eigenvalue weighted by Gasteiger charge is 2.13. The number of hydrogen-bond acceptors (Lipinski definition) is 4. The molecule has 1 aromatic heterocycles. The van der Waals surface area contributed by atoms with Gasteiger partial charge in [0.25, 0.3) is 0 Å². The summed E-state index contributed by atoms with van der Waals surface area (Å²) in [6.07, 6.45) is 4.20. The molecule has 0 aliphatic carbocycles. The molecule has 1 fully saturated rings. The molecular formula is C13H21N3O. The van der Waals surface area contributed by atoms with Gasteiger partial charge in [-0.2, -0.15) is 0 Å². The van der Waals surface area contributed by atoms with Gasteiger partial charge in [0, 0.05) is 18.8 Å². The van der Waals surface area contributed by atoms with Gasteiger partial charge in [0.05, 0.1) is 12.3 Å². The third-order valence-corrected chi connectivity index (χ3v) is 3.05. The van der Waals surface area contributed by atoms with Gasteiger partial charge in [-0.3, -0.25) is 4.98 Å². The number of pyridine rings is 1. The van der Waals surface area contributed by atoms with Gasteiger partial charge in [0.15, 0.2) is 0 Å². The molecule has 1 aliphatic rings. The zero-order valence-corrected chi connectivity index (χ0v) is 10.4. The fraction of sp³-hybridized carbons (Fsp3) is 0.615. The van der Waals surface area contributed by atoms with Crippen molar-refractivity contribution in [3.8, 4) is 5.75 Å². The minimum Gasteiger partial charge on any atom is -0.492 e. The van der Waals surface area contributed by atoms with E-state index in [1.165, 1.54) is 12.8 Å². The summed E-state index contributed by atoms with van der Waals surface area (Å²) < 4.78 is 5.56. The molecule has 94 valence electrons. The van der Waals surface area contributed by atoms with Crippen LogP contribution in [0.25, 0.3) is 0 Å². The topological polar surface area (TPSA) is 46.2 Å². The normalized spacial score (nSPS) is 17.0.